The molecule has 2 saturated heterocycles. The minimum absolute atomic E-state index is 0.0210. The number of likely N-dealkylation sites (tertiary alicyclic amines) is 1. The normalized spacial score (nSPS) is 20.8. The van der Waals surface area contributed by atoms with E-state index in [9.17, 15) is 25.2 Å². The number of carbonyl (C=O) groups excluding carboxylic acids is 1. The van der Waals surface area contributed by atoms with Gasteiger partial charge in [-0.05, 0) is 49.3 Å². The molecule has 0 aromatic heterocycles. The van der Waals surface area contributed by atoms with Crippen molar-refractivity contribution >= 4 is 28.8 Å². The molecule has 11 heteroatoms. The van der Waals surface area contributed by atoms with Gasteiger partial charge in [0.2, 0.25) is 5.91 Å². The molecule has 210 valence electrons. The quantitative estimate of drug-likeness (QED) is 0.0887. The van der Waals surface area contributed by atoms with Crippen LogP contribution in [0.4, 0.5) is 0 Å². The lowest BCUT2D eigenvalue weighted by molar-refractivity contribution is -0.136. The van der Waals surface area contributed by atoms with Crippen LogP contribution in [0.3, 0.4) is 0 Å². The highest BCUT2D eigenvalue weighted by molar-refractivity contribution is 14.1. The molecule has 10 nitrogen and oxygen atoms in total. The second-order valence-electron chi connectivity index (χ2n) is 10.3. The monoisotopic (exact) mass is 635 g/mol. The van der Waals surface area contributed by atoms with Gasteiger partial charge >= 0.3 is 0 Å². The van der Waals surface area contributed by atoms with Gasteiger partial charge in [-0.1, -0.05) is 12.1 Å². The molecule has 0 bridgehead atoms. The maximum absolute atomic E-state index is 12.6. The molecule has 1 aromatic carbocycles. The summed E-state index contributed by atoms with van der Waals surface area (Å²) < 4.78 is 8.25. The summed E-state index contributed by atoms with van der Waals surface area (Å²) in [5, 5.41) is 50.6. The fourth-order valence-electron chi connectivity index (χ4n) is 4.76. The number of hydrogen-bond donors (Lipinski definition) is 6. The Kier molecular flexibility index (Phi) is 12.8. The Balaban J connectivity index is 1.26. The van der Waals surface area contributed by atoms with Crippen molar-refractivity contribution in [3.8, 4) is 5.75 Å². The Morgan fingerprint density at radius 3 is 2.32 bits per heavy atom. The number of nitrogens with one attached hydrogen (secondary N) is 1. The summed E-state index contributed by atoms with van der Waals surface area (Å²) in [4.78, 5) is 14.4. The van der Waals surface area contributed by atoms with Gasteiger partial charge in [-0.25, -0.2) is 3.11 Å². The molecule has 2 aliphatic rings. The molecule has 3 rings (SSSR count). The van der Waals surface area contributed by atoms with Crippen molar-refractivity contribution < 1.29 is 35.1 Å². The van der Waals surface area contributed by atoms with E-state index in [-0.39, 0.29) is 18.4 Å². The number of nitrogens with zero attached hydrogens (tertiary/aromatic N) is 2. The van der Waals surface area contributed by atoms with Gasteiger partial charge < -0.3 is 40.5 Å². The molecule has 1 amide bonds. The first kappa shape index (κ1) is 30.5. The number of amides is 1. The maximum Gasteiger partial charge on any atom is 0.227 e. The number of carbonyl (C=O) groups is 1. The lowest BCUT2D eigenvalue weighted by Gasteiger charge is -2.39. The number of piperidine rings is 1. The number of ether oxygens (including phenoxy) is 1. The molecule has 4 atom stereocenters. The third kappa shape index (κ3) is 9.88. The highest BCUT2D eigenvalue weighted by atomic mass is 127. The lowest BCUT2D eigenvalue weighted by Crippen LogP contribution is -2.55. The number of rotatable bonds is 15. The van der Waals surface area contributed by atoms with Crippen molar-refractivity contribution in [3.63, 3.8) is 0 Å². The zero-order chi connectivity index (χ0) is 26.8. The van der Waals surface area contributed by atoms with E-state index in [0.29, 0.717) is 32.7 Å². The third-order valence-corrected chi connectivity index (χ3v) is 8.25. The summed E-state index contributed by atoms with van der Waals surface area (Å²) >= 11 is 2.40. The van der Waals surface area contributed by atoms with Crippen LogP contribution in [-0.4, -0.2) is 116 Å². The van der Waals surface area contributed by atoms with Crippen LogP contribution in [0.15, 0.2) is 24.3 Å². The largest absolute Gasteiger partial charge is 0.494 e. The average molecular weight is 636 g/mol. The van der Waals surface area contributed by atoms with E-state index in [1.165, 1.54) is 32.4 Å². The first-order chi connectivity index (χ1) is 17.8. The van der Waals surface area contributed by atoms with Gasteiger partial charge in [0.05, 0.1) is 25.7 Å². The Bertz CT molecular complexity index is 804. The van der Waals surface area contributed by atoms with Crippen molar-refractivity contribution in [1.29, 1.82) is 0 Å². The third-order valence-electron chi connectivity index (χ3n) is 7.29. The van der Waals surface area contributed by atoms with Gasteiger partial charge in [-0.3, -0.25) is 4.79 Å². The van der Waals surface area contributed by atoms with E-state index in [1.54, 1.807) is 4.90 Å². The molecule has 0 spiro atoms. The van der Waals surface area contributed by atoms with Gasteiger partial charge in [0.1, 0.15) is 24.1 Å². The smallest absolute Gasteiger partial charge is 0.227 e. The summed E-state index contributed by atoms with van der Waals surface area (Å²) in [5.41, 5.74) is 0.949. The number of hydrogen-bond acceptors (Lipinski definition) is 9. The van der Waals surface area contributed by atoms with Gasteiger partial charge in [0, 0.05) is 68.1 Å². The molecule has 6 N–H and O–H groups in total. The van der Waals surface area contributed by atoms with Crippen molar-refractivity contribution in [2.24, 2.45) is 11.8 Å². The second-order valence-corrected chi connectivity index (χ2v) is 11.7. The number of benzene rings is 1. The van der Waals surface area contributed by atoms with E-state index in [4.69, 9.17) is 9.84 Å². The van der Waals surface area contributed by atoms with Gasteiger partial charge in [0.15, 0.2) is 0 Å². The molecule has 2 fully saturated rings. The molecule has 37 heavy (non-hydrogen) atoms. The molecular formula is C26H42IN3O7. The minimum atomic E-state index is -1.63. The minimum Gasteiger partial charge on any atom is -0.494 e. The topological polar surface area (TPSA) is 146 Å². The zero-order valence-corrected chi connectivity index (χ0v) is 23.4. The summed E-state index contributed by atoms with van der Waals surface area (Å²) in [6.45, 7) is 4.18. The van der Waals surface area contributed by atoms with Gasteiger partial charge in [0.25, 0.3) is 0 Å². The summed E-state index contributed by atoms with van der Waals surface area (Å²) in [7, 11) is 0. The van der Waals surface area contributed by atoms with Gasteiger partial charge in [-0.15, -0.1) is 0 Å². The van der Waals surface area contributed by atoms with Crippen LogP contribution < -0.4 is 10.1 Å². The van der Waals surface area contributed by atoms with Gasteiger partial charge in [-0.2, -0.15) is 0 Å². The molecular weight excluding hydrogens is 593 g/mol. The first-order valence-corrected chi connectivity index (χ1v) is 14.2. The van der Waals surface area contributed by atoms with E-state index >= 15 is 0 Å². The molecule has 1 aromatic rings. The highest BCUT2D eigenvalue weighted by Gasteiger charge is 2.32. The highest BCUT2D eigenvalue weighted by Crippen LogP contribution is 2.24. The van der Waals surface area contributed by atoms with Crippen LogP contribution in [-0.2, 0) is 11.2 Å². The summed E-state index contributed by atoms with van der Waals surface area (Å²) in [5.74, 6) is 1.95. The van der Waals surface area contributed by atoms with Crippen LogP contribution in [0.2, 0.25) is 0 Å². The number of halogens is 1. The van der Waals surface area contributed by atoms with Crippen LogP contribution in [0.5, 0.6) is 5.75 Å². The number of aliphatic hydroxyl groups excluding tert-OH is 5. The van der Waals surface area contributed by atoms with Crippen molar-refractivity contribution in [2.75, 3.05) is 52.5 Å². The SMILES string of the molecule is O=C(Cc1ccc(OCCCC2CCN(I)CC2)cc1)N1CC(CNC[C@H](O)[C@@H](O)[C@H](O)[C@H](O)CO)C1. The summed E-state index contributed by atoms with van der Waals surface area (Å²) in [6, 6.07) is 7.74. The number of aliphatic hydroxyl groups is 5. The van der Waals surface area contributed by atoms with E-state index in [2.05, 4.69) is 31.3 Å². The molecule has 2 aliphatic heterocycles. The standard InChI is InChI=1S/C26H42IN3O7/c27-30-9-7-18(8-10-30)2-1-11-37-21-5-3-19(4-6-21)12-24(34)29-15-20(16-29)13-28-14-22(32)25(35)26(36)23(33)17-31/h3-6,18,20,22-23,25-26,28,31-33,35-36H,1-2,7-17H2/t22-,23+,25+,26+/m0/s1. The maximum atomic E-state index is 12.6. The Morgan fingerprint density at radius 1 is 1.03 bits per heavy atom. The van der Waals surface area contributed by atoms with E-state index in [0.717, 1.165) is 23.7 Å². The van der Waals surface area contributed by atoms with Crippen LogP contribution in [0.25, 0.3) is 0 Å². The summed E-state index contributed by atoms with van der Waals surface area (Å²) in [6.07, 6.45) is -0.853. The Hall–Kier alpha value is -1.06. The molecule has 0 radical (unpaired) electrons. The predicted molar refractivity (Wildman–Crippen MR) is 147 cm³/mol. The fourth-order valence-corrected chi connectivity index (χ4v) is 5.32. The van der Waals surface area contributed by atoms with E-state index < -0.39 is 31.0 Å². The molecule has 0 saturated carbocycles. The molecule has 0 unspecified atom stereocenters. The molecule has 0 aliphatic carbocycles. The Labute approximate surface area is 233 Å². The van der Waals surface area contributed by atoms with Crippen LogP contribution >= 0.6 is 22.9 Å². The van der Waals surface area contributed by atoms with Crippen LogP contribution in [0.1, 0.15) is 31.2 Å². The second kappa shape index (κ2) is 15.5. The average Bonchev–Trinajstić information content (AvgIpc) is 2.88. The molecule has 2 heterocycles. The van der Waals surface area contributed by atoms with Crippen molar-refractivity contribution in [1.82, 2.24) is 13.3 Å². The fraction of sp³-hybridized carbons (Fsp3) is 0.731. The van der Waals surface area contributed by atoms with Crippen molar-refractivity contribution in [3.05, 3.63) is 29.8 Å². The lowest BCUT2D eigenvalue weighted by atomic mass is 9.93. The predicted octanol–water partition coefficient (Wildman–Crippen LogP) is -0.0660. The first-order valence-electron chi connectivity index (χ1n) is 13.2. The van der Waals surface area contributed by atoms with E-state index in [1.807, 2.05) is 24.3 Å². The zero-order valence-electron chi connectivity index (χ0n) is 21.3. The Morgan fingerprint density at radius 2 is 1.68 bits per heavy atom. The van der Waals surface area contributed by atoms with Crippen LogP contribution in [0, 0.1) is 11.8 Å². The van der Waals surface area contributed by atoms with Crippen molar-refractivity contribution in [2.45, 2.75) is 56.5 Å².